The molecule has 1 aromatic heterocycles. The van der Waals surface area contributed by atoms with Crippen molar-refractivity contribution in [3.05, 3.63) is 15.8 Å². The molecule has 1 aromatic rings. The van der Waals surface area contributed by atoms with Gasteiger partial charge in [0.2, 0.25) is 20.0 Å². The molecule has 0 fully saturated rings. The fraction of sp³-hybridized carbons (Fsp3) is 0.500. The van der Waals surface area contributed by atoms with Crippen molar-refractivity contribution in [2.24, 2.45) is 0 Å². The molecule has 2 N–H and O–H groups in total. The van der Waals surface area contributed by atoms with Crippen LogP contribution in [0.25, 0.3) is 0 Å². The zero-order valence-electron chi connectivity index (χ0n) is 11.7. The van der Waals surface area contributed by atoms with E-state index in [1.165, 1.54) is 12.4 Å². The molecule has 0 aliphatic carbocycles. The molecule has 0 saturated heterocycles. The normalized spacial score (nSPS) is 12.3. The van der Waals surface area contributed by atoms with Gasteiger partial charge in [-0.25, -0.2) is 31.1 Å². The Morgan fingerprint density at radius 1 is 1.33 bits per heavy atom. The van der Waals surface area contributed by atoms with Crippen LogP contribution in [0.2, 0.25) is 0 Å². The van der Waals surface area contributed by atoms with Crippen LogP contribution in [0.15, 0.2) is 10.3 Å². The van der Waals surface area contributed by atoms with E-state index in [1.54, 1.807) is 6.92 Å². The molecule has 1 heterocycles. The standard InChI is InChI=1S/C10H16N2O6S3/c1-7-6-19-8(10(13)18-3)9(7)21(16,17)12-4-5-20(14,15)11-2/h6,11-12H,4-5H2,1-3H3. The van der Waals surface area contributed by atoms with Crippen LogP contribution < -0.4 is 9.44 Å². The van der Waals surface area contributed by atoms with Crippen molar-refractivity contribution in [2.45, 2.75) is 11.8 Å². The number of hydrogen-bond acceptors (Lipinski definition) is 7. The van der Waals surface area contributed by atoms with E-state index in [2.05, 4.69) is 14.2 Å². The number of hydrogen-bond donors (Lipinski definition) is 2. The van der Waals surface area contributed by atoms with E-state index in [1.807, 2.05) is 0 Å². The molecule has 120 valence electrons. The third-order valence-electron chi connectivity index (χ3n) is 2.53. The Labute approximate surface area is 127 Å². The predicted octanol–water partition coefficient (Wildman–Crippen LogP) is -0.329. The number of thiophene rings is 1. The number of sulfonamides is 2. The summed E-state index contributed by atoms with van der Waals surface area (Å²) in [4.78, 5) is 11.3. The van der Waals surface area contributed by atoms with Crippen molar-refractivity contribution < 1.29 is 26.4 Å². The topological polar surface area (TPSA) is 119 Å². The molecule has 11 heteroatoms. The minimum Gasteiger partial charge on any atom is -0.465 e. The van der Waals surface area contributed by atoms with E-state index in [0.717, 1.165) is 18.4 Å². The molecule has 0 aliphatic heterocycles. The molecule has 0 aromatic carbocycles. The summed E-state index contributed by atoms with van der Waals surface area (Å²) in [5, 5.41) is 1.52. The van der Waals surface area contributed by atoms with E-state index >= 15 is 0 Å². The highest BCUT2D eigenvalue weighted by Gasteiger charge is 2.27. The first-order valence-electron chi connectivity index (χ1n) is 5.72. The molecule has 21 heavy (non-hydrogen) atoms. The summed E-state index contributed by atoms with van der Waals surface area (Å²) in [6, 6.07) is 0. The van der Waals surface area contributed by atoms with Crippen LogP contribution in [-0.4, -0.2) is 49.3 Å². The van der Waals surface area contributed by atoms with Crippen LogP contribution >= 0.6 is 11.3 Å². The summed E-state index contributed by atoms with van der Waals surface area (Å²) < 4.78 is 55.7. The summed E-state index contributed by atoms with van der Waals surface area (Å²) in [6.45, 7) is 1.24. The lowest BCUT2D eigenvalue weighted by Gasteiger charge is -2.08. The second-order valence-electron chi connectivity index (χ2n) is 3.99. The van der Waals surface area contributed by atoms with Gasteiger partial charge in [-0.15, -0.1) is 11.3 Å². The SMILES string of the molecule is CNS(=O)(=O)CCNS(=O)(=O)c1c(C)csc1C(=O)OC. The zero-order valence-corrected chi connectivity index (χ0v) is 14.1. The predicted molar refractivity (Wildman–Crippen MR) is 78.4 cm³/mol. The minimum absolute atomic E-state index is 0.0426. The lowest BCUT2D eigenvalue weighted by molar-refractivity contribution is 0.0602. The van der Waals surface area contributed by atoms with Gasteiger partial charge in [0.1, 0.15) is 9.77 Å². The fourth-order valence-corrected chi connectivity index (χ4v) is 4.92. The van der Waals surface area contributed by atoms with Crippen LogP contribution in [0.1, 0.15) is 15.2 Å². The van der Waals surface area contributed by atoms with E-state index < -0.39 is 31.8 Å². The Balaban J connectivity index is 2.99. The van der Waals surface area contributed by atoms with Crippen molar-refractivity contribution in [1.82, 2.24) is 9.44 Å². The third kappa shape index (κ3) is 4.48. The Morgan fingerprint density at radius 3 is 2.48 bits per heavy atom. The van der Waals surface area contributed by atoms with Crippen LogP contribution in [0.4, 0.5) is 0 Å². The number of carbonyl (C=O) groups is 1. The average molecular weight is 356 g/mol. The Kier molecular flexibility index (Phi) is 5.87. The largest absolute Gasteiger partial charge is 0.465 e. The van der Waals surface area contributed by atoms with Crippen molar-refractivity contribution >= 4 is 37.4 Å². The first kappa shape index (κ1) is 18.0. The summed E-state index contributed by atoms with van der Waals surface area (Å²) in [5.41, 5.74) is 0.393. The number of esters is 1. The Bertz CT molecular complexity index is 720. The molecular formula is C10H16N2O6S3. The molecule has 8 nitrogen and oxygen atoms in total. The summed E-state index contributed by atoms with van der Waals surface area (Å²) >= 11 is 0.955. The highest BCUT2D eigenvalue weighted by atomic mass is 32.2. The molecule has 0 bridgehead atoms. The first-order chi connectivity index (χ1) is 9.64. The van der Waals surface area contributed by atoms with E-state index in [-0.39, 0.29) is 16.3 Å². The third-order valence-corrected chi connectivity index (χ3v) is 6.75. The smallest absolute Gasteiger partial charge is 0.349 e. The van der Waals surface area contributed by atoms with E-state index in [4.69, 9.17) is 0 Å². The summed E-state index contributed by atoms with van der Waals surface area (Å²) in [7, 11) is -5.12. The van der Waals surface area contributed by atoms with Gasteiger partial charge in [-0.1, -0.05) is 0 Å². The summed E-state index contributed by atoms with van der Waals surface area (Å²) in [5.74, 6) is -1.16. The van der Waals surface area contributed by atoms with Crippen molar-refractivity contribution in [3.63, 3.8) is 0 Å². The van der Waals surface area contributed by atoms with Crippen LogP contribution in [-0.2, 0) is 24.8 Å². The number of nitrogens with one attached hydrogen (secondary N) is 2. The fourth-order valence-electron chi connectivity index (χ4n) is 1.49. The molecule has 1 rings (SSSR count). The second-order valence-corrected chi connectivity index (χ2v) is 8.62. The monoisotopic (exact) mass is 356 g/mol. The molecule has 0 aliphatic rings. The van der Waals surface area contributed by atoms with Gasteiger partial charge in [-0.05, 0) is 24.9 Å². The van der Waals surface area contributed by atoms with Gasteiger partial charge in [0.25, 0.3) is 0 Å². The molecule has 0 saturated carbocycles. The maximum absolute atomic E-state index is 12.2. The van der Waals surface area contributed by atoms with Crippen LogP contribution in [0.3, 0.4) is 0 Å². The molecular weight excluding hydrogens is 340 g/mol. The molecule has 0 spiro atoms. The second kappa shape index (κ2) is 6.83. The lowest BCUT2D eigenvalue weighted by atomic mass is 10.3. The number of aryl methyl sites for hydroxylation is 1. The van der Waals surface area contributed by atoms with Gasteiger partial charge >= 0.3 is 5.97 Å². The Hall–Kier alpha value is -1.01. The molecule has 0 amide bonds. The van der Waals surface area contributed by atoms with Gasteiger partial charge in [0.15, 0.2) is 0 Å². The molecule has 0 unspecified atom stereocenters. The first-order valence-corrected chi connectivity index (χ1v) is 9.73. The quantitative estimate of drug-likeness (QED) is 0.646. The molecule has 0 radical (unpaired) electrons. The maximum atomic E-state index is 12.2. The van der Waals surface area contributed by atoms with Gasteiger partial charge in [-0.3, -0.25) is 0 Å². The van der Waals surface area contributed by atoms with Gasteiger partial charge in [-0.2, -0.15) is 0 Å². The number of rotatable bonds is 7. The number of ether oxygens (including phenoxy) is 1. The number of methoxy groups -OCH3 is 1. The van der Waals surface area contributed by atoms with Gasteiger partial charge < -0.3 is 4.74 Å². The highest BCUT2D eigenvalue weighted by Crippen LogP contribution is 2.27. The van der Waals surface area contributed by atoms with Crippen molar-refractivity contribution in [1.29, 1.82) is 0 Å². The van der Waals surface area contributed by atoms with E-state index in [9.17, 15) is 21.6 Å². The zero-order chi connectivity index (χ0) is 16.3. The van der Waals surface area contributed by atoms with Gasteiger partial charge in [0.05, 0.1) is 12.9 Å². The van der Waals surface area contributed by atoms with Gasteiger partial charge in [0, 0.05) is 6.54 Å². The summed E-state index contributed by atoms with van der Waals surface area (Å²) in [6.07, 6.45) is 0. The molecule has 0 atom stereocenters. The highest BCUT2D eigenvalue weighted by molar-refractivity contribution is 7.90. The van der Waals surface area contributed by atoms with Crippen LogP contribution in [0, 0.1) is 6.92 Å². The van der Waals surface area contributed by atoms with E-state index in [0.29, 0.717) is 5.56 Å². The average Bonchev–Trinajstić information content (AvgIpc) is 2.80. The van der Waals surface area contributed by atoms with Crippen molar-refractivity contribution in [2.75, 3.05) is 26.5 Å². The lowest BCUT2D eigenvalue weighted by Crippen LogP contribution is -2.33. The number of carbonyl (C=O) groups excluding carboxylic acids is 1. The van der Waals surface area contributed by atoms with Crippen molar-refractivity contribution in [3.8, 4) is 0 Å². The maximum Gasteiger partial charge on any atom is 0.349 e. The Morgan fingerprint density at radius 2 is 1.95 bits per heavy atom. The minimum atomic E-state index is -4.00. The van der Waals surface area contributed by atoms with Crippen LogP contribution in [0.5, 0.6) is 0 Å².